The van der Waals surface area contributed by atoms with Crippen LogP contribution in [0.1, 0.15) is 28.8 Å². The van der Waals surface area contributed by atoms with Gasteiger partial charge in [0, 0.05) is 23.5 Å². The average molecular weight is 323 g/mol. The van der Waals surface area contributed by atoms with Gasteiger partial charge in [0.15, 0.2) is 0 Å². The lowest BCUT2D eigenvalue weighted by molar-refractivity contribution is -0.120. The van der Waals surface area contributed by atoms with E-state index in [0.29, 0.717) is 5.56 Å². The molecule has 1 unspecified atom stereocenters. The zero-order valence-corrected chi connectivity index (χ0v) is 13.7. The van der Waals surface area contributed by atoms with Crippen molar-refractivity contribution in [2.75, 3.05) is 16.8 Å². The van der Waals surface area contributed by atoms with Crippen LogP contribution in [0, 0.1) is 6.92 Å². The molecule has 1 aliphatic heterocycles. The molecule has 0 spiro atoms. The smallest absolute Gasteiger partial charge is 0.249 e. The highest BCUT2D eigenvalue weighted by molar-refractivity contribution is 6.00. The molecule has 2 aromatic rings. The van der Waals surface area contributed by atoms with Crippen LogP contribution in [0.3, 0.4) is 0 Å². The Labute approximate surface area is 141 Å². The van der Waals surface area contributed by atoms with Crippen molar-refractivity contribution < 1.29 is 9.59 Å². The quantitative estimate of drug-likeness (QED) is 0.908. The van der Waals surface area contributed by atoms with Crippen LogP contribution < -0.4 is 16.0 Å². The van der Waals surface area contributed by atoms with E-state index >= 15 is 0 Å². The minimum atomic E-state index is -0.461. The van der Waals surface area contributed by atoms with Crippen molar-refractivity contribution in [1.82, 2.24) is 0 Å². The Balaban J connectivity index is 1.79. The van der Waals surface area contributed by atoms with Crippen molar-refractivity contribution in [2.45, 2.75) is 25.8 Å². The van der Waals surface area contributed by atoms with Gasteiger partial charge in [-0.1, -0.05) is 24.3 Å². The molecule has 1 heterocycles. The fourth-order valence-corrected chi connectivity index (χ4v) is 3.05. The van der Waals surface area contributed by atoms with Crippen LogP contribution in [0.2, 0.25) is 0 Å². The lowest BCUT2D eigenvalue weighted by atomic mass is 10.0. The lowest BCUT2D eigenvalue weighted by Crippen LogP contribution is -2.47. The van der Waals surface area contributed by atoms with Crippen LogP contribution in [0.5, 0.6) is 0 Å². The van der Waals surface area contributed by atoms with Crippen molar-refractivity contribution in [3.8, 4) is 0 Å². The fraction of sp³-hybridized carbons (Fsp3) is 0.263. The van der Waals surface area contributed by atoms with E-state index in [0.717, 1.165) is 36.3 Å². The summed E-state index contributed by atoms with van der Waals surface area (Å²) in [5, 5.41) is 3.25. The van der Waals surface area contributed by atoms with E-state index in [1.807, 2.05) is 54.3 Å². The zero-order chi connectivity index (χ0) is 17.1. The van der Waals surface area contributed by atoms with Gasteiger partial charge in [-0.15, -0.1) is 0 Å². The highest BCUT2D eigenvalue weighted by Gasteiger charge is 2.29. The first-order valence-corrected chi connectivity index (χ1v) is 8.09. The van der Waals surface area contributed by atoms with Crippen LogP contribution in [0.4, 0.5) is 11.4 Å². The van der Waals surface area contributed by atoms with Gasteiger partial charge in [0.1, 0.15) is 6.04 Å². The summed E-state index contributed by atoms with van der Waals surface area (Å²) in [5.41, 5.74) is 8.35. The second kappa shape index (κ2) is 6.74. The molecule has 24 heavy (non-hydrogen) atoms. The second-order valence-electron chi connectivity index (χ2n) is 6.06. The Bertz CT molecular complexity index is 758. The molecular formula is C19H21N3O2. The van der Waals surface area contributed by atoms with Crippen molar-refractivity contribution in [3.63, 3.8) is 0 Å². The molecular weight excluding hydrogens is 302 g/mol. The topological polar surface area (TPSA) is 75.4 Å². The SMILES string of the molecule is Cc1ccc(NC2CCCN(c3ccccc3)C2=O)cc1C(N)=O. The van der Waals surface area contributed by atoms with Crippen molar-refractivity contribution in [3.05, 3.63) is 59.7 Å². The van der Waals surface area contributed by atoms with Gasteiger partial charge < -0.3 is 16.0 Å². The fourth-order valence-electron chi connectivity index (χ4n) is 3.05. The van der Waals surface area contributed by atoms with Gasteiger partial charge in [0.2, 0.25) is 11.8 Å². The molecule has 0 aromatic heterocycles. The van der Waals surface area contributed by atoms with Gasteiger partial charge in [-0.3, -0.25) is 9.59 Å². The van der Waals surface area contributed by atoms with E-state index < -0.39 is 5.91 Å². The van der Waals surface area contributed by atoms with Crippen molar-refractivity contribution >= 4 is 23.2 Å². The molecule has 0 radical (unpaired) electrons. The number of primary amides is 1. The standard InChI is InChI=1S/C19H21N3O2/c1-13-9-10-14(12-16(13)18(20)23)21-17-8-5-11-22(19(17)24)15-6-3-2-4-7-15/h2-4,6-7,9-10,12,17,21H,5,8,11H2,1H3,(H2,20,23). The normalized spacial score (nSPS) is 17.6. The Hall–Kier alpha value is -2.82. The summed E-state index contributed by atoms with van der Waals surface area (Å²) < 4.78 is 0. The summed E-state index contributed by atoms with van der Waals surface area (Å²) in [6.07, 6.45) is 1.69. The number of aryl methyl sites for hydroxylation is 1. The van der Waals surface area contributed by atoms with Crippen LogP contribution in [0.25, 0.3) is 0 Å². The number of benzene rings is 2. The molecule has 1 saturated heterocycles. The van der Waals surface area contributed by atoms with Crippen molar-refractivity contribution in [1.29, 1.82) is 0 Å². The average Bonchev–Trinajstić information content (AvgIpc) is 2.59. The van der Waals surface area contributed by atoms with Gasteiger partial charge in [-0.25, -0.2) is 0 Å². The third-order valence-electron chi connectivity index (χ3n) is 4.35. The Morgan fingerprint density at radius 1 is 1.21 bits per heavy atom. The number of para-hydroxylation sites is 1. The molecule has 1 atom stereocenters. The summed E-state index contributed by atoms with van der Waals surface area (Å²) in [4.78, 5) is 26.1. The van der Waals surface area contributed by atoms with Gasteiger partial charge >= 0.3 is 0 Å². The summed E-state index contributed by atoms with van der Waals surface area (Å²) in [5.74, 6) is -0.411. The Kier molecular flexibility index (Phi) is 4.51. The molecule has 5 nitrogen and oxygen atoms in total. The summed E-state index contributed by atoms with van der Waals surface area (Å²) in [6.45, 7) is 2.56. The molecule has 3 rings (SSSR count). The predicted octanol–water partition coefficient (Wildman–Crippen LogP) is 2.70. The van der Waals surface area contributed by atoms with E-state index in [1.165, 1.54) is 0 Å². The molecule has 3 N–H and O–H groups in total. The molecule has 0 aliphatic carbocycles. The molecule has 5 heteroatoms. The predicted molar refractivity (Wildman–Crippen MR) is 95.1 cm³/mol. The third kappa shape index (κ3) is 3.25. The molecule has 124 valence electrons. The highest BCUT2D eigenvalue weighted by Crippen LogP contribution is 2.24. The third-order valence-corrected chi connectivity index (χ3v) is 4.35. The number of carbonyl (C=O) groups is 2. The summed E-state index contributed by atoms with van der Waals surface area (Å²) >= 11 is 0. The van der Waals surface area contributed by atoms with E-state index in [4.69, 9.17) is 5.73 Å². The number of amides is 2. The number of anilines is 2. The molecule has 2 amide bonds. The number of hydrogen-bond acceptors (Lipinski definition) is 3. The first-order valence-electron chi connectivity index (χ1n) is 8.09. The number of piperidine rings is 1. The number of nitrogens with two attached hydrogens (primary N) is 1. The number of nitrogens with one attached hydrogen (secondary N) is 1. The number of hydrogen-bond donors (Lipinski definition) is 2. The van der Waals surface area contributed by atoms with Crippen molar-refractivity contribution in [2.24, 2.45) is 5.73 Å². The lowest BCUT2D eigenvalue weighted by Gasteiger charge is -2.33. The minimum Gasteiger partial charge on any atom is -0.374 e. The van der Waals surface area contributed by atoms with Crippen LogP contribution in [0.15, 0.2) is 48.5 Å². The second-order valence-corrected chi connectivity index (χ2v) is 6.06. The first-order chi connectivity index (χ1) is 11.6. The van der Waals surface area contributed by atoms with E-state index in [9.17, 15) is 9.59 Å². The van der Waals surface area contributed by atoms with Gasteiger partial charge in [0.05, 0.1) is 0 Å². The summed E-state index contributed by atoms with van der Waals surface area (Å²) in [7, 11) is 0. The summed E-state index contributed by atoms with van der Waals surface area (Å²) in [6, 6.07) is 14.8. The molecule has 1 aliphatic rings. The van der Waals surface area contributed by atoms with Crippen LogP contribution in [-0.4, -0.2) is 24.4 Å². The molecule has 0 saturated carbocycles. The molecule has 2 aromatic carbocycles. The number of nitrogens with zero attached hydrogens (tertiary/aromatic N) is 1. The number of rotatable bonds is 4. The minimum absolute atomic E-state index is 0.0497. The monoisotopic (exact) mass is 323 g/mol. The first kappa shape index (κ1) is 16.1. The van der Waals surface area contributed by atoms with Gasteiger partial charge in [-0.05, 0) is 49.6 Å². The molecule has 0 bridgehead atoms. The largest absolute Gasteiger partial charge is 0.374 e. The van der Waals surface area contributed by atoms with Crippen LogP contribution >= 0.6 is 0 Å². The Morgan fingerprint density at radius 3 is 2.67 bits per heavy atom. The maximum absolute atomic E-state index is 12.8. The maximum atomic E-state index is 12.8. The Morgan fingerprint density at radius 2 is 1.96 bits per heavy atom. The maximum Gasteiger partial charge on any atom is 0.249 e. The zero-order valence-electron chi connectivity index (χ0n) is 13.7. The van der Waals surface area contributed by atoms with Gasteiger partial charge in [-0.2, -0.15) is 0 Å². The molecule has 1 fully saturated rings. The van der Waals surface area contributed by atoms with E-state index in [-0.39, 0.29) is 11.9 Å². The number of carbonyl (C=O) groups excluding carboxylic acids is 2. The van der Waals surface area contributed by atoms with Gasteiger partial charge in [0.25, 0.3) is 0 Å². The van der Waals surface area contributed by atoms with E-state index in [2.05, 4.69) is 5.32 Å². The van der Waals surface area contributed by atoms with Crippen LogP contribution in [-0.2, 0) is 4.79 Å². The van der Waals surface area contributed by atoms with E-state index in [1.54, 1.807) is 6.07 Å². The highest BCUT2D eigenvalue weighted by atomic mass is 16.2.